The predicted molar refractivity (Wildman–Crippen MR) is 95.4 cm³/mol. The van der Waals surface area contributed by atoms with Crippen molar-refractivity contribution >= 4 is 24.1 Å². The third kappa shape index (κ3) is 5.17. The predicted octanol–water partition coefficient (Wildman–Crippen LogP) is 1.39. The van der Waals surface area contributed by atoms with Gasteiger partial charge in [-0.15, -0.1) is 0 Å². The number of nitrogens with zero attached hydrogens (tertiary/aromatic N) is 2. The Labute approximate surface area is 151 Å². The molecule has 26 heavy (non-hydrogen) atoms. The summed E-state index contributed by atoms with van der Waals surface area (Å²) in [6, 6.07) is 12.4. The van der Waals surface area contributed by atoms with E-state index in [-0.39, 0.29) is 12.4 Å². The normalized spacial score (nSPS) is 11.9. The number of hydrazine groups is 1. The molecule has 1 radical (unpaired) electrons. The van der Waals surface area contributed by atoms with Gasteiger partial charge in [-0.3, -0.25) is 24.4 Å². The number of amides is 1. The van der Waals surface area contributed by atoms with Crippen molar-refractivity contribution in [1.82, 2.24) is 15.4 Å². The first-order valence-electron chi connectivity index (χ1n) is 7.79. The molecule has 0 saturated carbocycles. The quantitative estimate of drug-likeness (QED) is 0.318. The van der Waals surface area contributed by atoms with Gasteiger partial charge < -0.3 is 4.74 Å². The topological polar surface area (TPSA) is 88.6 Å². The van der Waals surface area contributed by atoms with Gasteiger partial charge in [-0.1, -0.05) is 42.5 Å². The Morgan fingerprint density at radius 1 is 1.23 bits per heavy atom. The number of hydrogen-bond donors (Lipinski definition) is 1. The molecule has 1 heterocycles. The minimum atomic E-state index is -1.47. The number of methoxy groups -OCH3 is 1. The third-order valence-electron chi connectivity index (χ3n) is 3.36. The minimum Gasteiger partial charge on any atom is -0.368 e. The Bertz CT molecular complexity index is 763. The van der Waals surface area contributed by atoms with E-state index in [2.05, 4.69) is 10.4 Å². The summed E-state index contributed by atoms with van der Waals surface area (Å²) >= 11 is 0. The molecule has 1 atom stereocenters. The van der Waals surface area contributed by atoms with Gasteiger partial charge in [0.1, 0.15) is 12.4 Å². The molecule has 2 rings (SSSR count). The maximum Gasteiger partial charge on any atom is 0.287 e. The van der Waals surface area contributed by atoms with Crippen LogP contribution in [0.3, 0.4) is 0 Å². The number of ketones is 1. The van der Waals surface area contributed by atoms with Crippen LogP contribution in [0.5, 0.6) is 0 Å². The van der Waals surface area contributed by atoms with Gasteiger partial charge in [0, 0.05) is 13.3 Å². The molecule has 0 fully saturated rings. The van der Waals surface area contributed by atoms with Gasteiger partial charge in [0.05, 0.1) is 0 Å². The number of hydrogen-bond acceptors (Lipinski definition) is 6. The van der Waals surface area contributed by atoms with Gasteiger partial charge in [-0.2, -0.15) is 0 Å². The number of nitrogens with one attached hydrogen (secondary N) is 1. The zero-order valence-corrected chi connectivity index (χ0v) is 14.2. The van der Waals surface area contributed by atoms with Crippen LogP contribution in [0.2, 0.25) is 0 Å². The van der Waals surface area contributed by atoms with Gasteiger partial charge in [-0.25, -0.2) is 5.43 Å². The van der Waals surface area contributed by atoms with Crippen molar-refractivity contribution in [2.45, 2.75) is 6.04 Å². The van der Waals surface area contributed by atoms with Crippen molar-refractivity contribution in [3.63, 3.8) is 0 Å². The van der Waals surface area contributed by atoms with Crippen molar-refractivity contribution in [3.05, 3.63) is 72.1 Å². The Balaban J connectivity index is 2.22. The van der Waals surface area contributed by atoms with E-state index in [0.29, 0.717) is 0 Å². The first-order chi connectivity index (χ1) is 12.7. The van der Waals surface area contributed by atoms with Gasteiger partial charge in [0.2, 0.25) is 6.29 Å². The standard InChI is InChI=1S/C19H18N3O4/c1-26-14-21-22(19(25)16-9-5-6-12-20-16)17(13-23)18(24)11-10-15-7-3-2-4-8-15/h2-12,17,21H,14H2,1H3. The van der Waals surface area contributed by atoms with E-state index in [1.165, 1.54) is 25.4 Å². The molecule has 0 spiro atoms. The van der Waals surface area contributed by atoms with Crippen molar-refractivity contribution in [2.24, 2.45) is 0 Å². The third-order valence-corrected chi connectivity index (χ3v) is 3.36. The van der Waals surface area contributed by atoms with Crippen LogP contribution in [0.15, 0.2) is 60.8 Å². The highest BCUT2D eigenvalue weighted by molar-refractivity contribution is 6.09. The second-order valence-corrected chi connectivity index (χ2v) is 5.15. The summed E-state index contributed by atoms with van der Waals surface area (Å²) < 4.78 is 4.88. The lowest BCUT2D eigenvalue weighted by atomic mass is 10.1. The molecular weight excluding hydrogens is 334 g/mol. The van der Waals surface area contributed by atoms with Crippen LogP contribution in [-0.2, 0) is 14.3 Å². The van der Waals surface area contributed by atoms with Crippen LogP contribution >= 0.6 is 0 Å². The number of carbonyl (C=O) groups excluding carboxylic acids is 3. The molecule has 7 nitrogen and oxygen atoms in total. The number of pyridine rings is 1. The van der Waals surface area contributed by atoms with Gasteiger partial charge in [-0.05, 0) is 23.8 Å². The van der Waals surface area contributed by atoms with E-state index in [0.717, 1.165) is 10.6 Å². The Hall–Kier alpha value is -3.16. The van der Waals surface area contributed by atoms with E-state index in [1.54, 1.807) is 24.5 Å². The monoisotopic (exact) mass is 352 g/mol. The summed E-state index contributed by atoms with van der Waals surface area (Å²) in [5.74, 6) is -1.24. The lowest BCUT2D eigenvalue weighted by Gasteiger charge is -2.26. The second-order valence-electron chi connectivity index (χ2n) is 5.15. The van der Waals surface area contributed by atoms with Crippen LogP contribution in [0.4, 0.5) is 0 Å². The molecule has 2 aromatic rings. The summed E-state index contributed by atoms with van der Waals surface area (Å²) in [5.41, 5.74) is 3.47. The van der Waals surface area contributed by atoms with Gasteiger partial charge in [0.25, 0.3) is 5.91 Å². The van der Waals surface area contributed by atoms with E-state index in [1.807, 2.05) is 30.3 Å². The smallest absolute Gasteiger partial charge is 0.287 e. The van der Waals surface area contributed by atoms with Crippen LogP contribution in [0, 0.1) is 0 Å². The summed E-state index contributed by atoms with van der Waals surface area (Å²) in [5, 5.41) is 0.872. The Morgan fingerprint density at radius 2 is 1.96 bits per heavy atom. The van der Waals surface area contributed by atoms with Crippen molar-refractivity contribution in [2.75, 3.05) is 13.8 Å². The first kappa shape index (κ1) is 19.2. The molecular formula is C19H18N3O4. The average Bonchev–Trinajstić information content (AvgIpc) is 2.70. The number of aromatic nitrogens is 1. The molecule has 1 aromatic heterocycles. The zero-order valence-electron chi connectivity index (χ0n) is 14.2. The Morgan fingerprint density at radius 3 is 2.58 bits per heavy atom. The molecule has 0 aliphatic heterocycles. The summed E-state index contributed by atoms with van der Waals surface area (Å²) in [6.45, 7) is -0.0770. The Kier molecular flexibility index (Phi) is 7.35. The van der Waals surface area contributed by atoms with Crippen molar-refractivity contribution < 1.29 is 19.1 Å². The van der Waals surface area contributed by atoms with Gasteiger partial charge in [0.15, 0.2) is 11.8 Å². The maximum atomic E-state index is 12.6. The molecule has 1 unspecified atom stereocenters. The maximum absolute atomic E-state index is 12.6. The molecule has 0 saturated heterocycles. The van der Waals surface area contributed by atoms with E-state index in [9.17, 15) is 14.4 Å². The highest BCUT2D eigenvalue weighted by atomic mass is 16.5. The summed E-state index contributed by atoms with van der Waals surface area (Å²) in [6.07, 6.45) is 5.85. The van der Waals surface area contributed by atoms with Crippen LogP contribution < -0.4 is 5.43 Å². The summed E-state index contributed by atoms with van der Waals surface area (Å²) in [7, 11) is 1.41. The fourth-order valence-corrected chi connectivity index (χ4v) is 2.10. The number of benzene rings is 1. The molecule has 133 valence electrons. The molecule has 0 aliphatic carbocycles. The SMILES string of the molecule is COCNN(C(=O)c1ccccn1)C([C]=O)C(=O)C=Cc1ccccc1. The number of rotatable bonds is 9. The van der Waals surface area contributed by atoms with Crippen LogP contribution in [0.25, 0.3) is 6.08 Å². The number of ether oxygens (including phenoxy) is 1. The lowest BCUT2D eigenvalue weighted by molar-refractivity contribution is -0.118. The van der Waals surface area contributed by atoms with Crippen LogP contribution in [-0.4, -0.2) is 47.9 Å². The van der Waals surface area contributed by atoms with E-state index >= 15 is 0 Å². The zero-order chi connectivity index (χ0) is 18.8. The molecule has 1 N–H and O–H groups in total. The molecule has 1 amide bonds. The highest BCUT2D eigenvalue weighted by Crippen LogP contribution is 2.07. The molecule has 7 heteroatoms. The molecule has 0 aliphatic rings. The second kappa shape index (κ2) is 9.97. The molecule has 1 aromatic carbocycles. The fourth-order valence-electron chi connectivity index (χ4n) is 2.10. The van der Waals surface area contributed by atoms with Crippen molar-refractivity contribution in [1.29, 1.82) is 0 Å². The van der Waals surface area contributed by atoms with E-state index < -0.39 is 17.7 Å². The average molecular weight is 352 g/mol. The van der Waals surface area contributed by atoms with Crippen LogP contribution in [0.1, 0.15) is 16.1 Å². The number of carbonyl (C=O) groups is 2. The lowest BCUT2D eigenvalue weighted by Crippen LogP contribution is -2.54. The van der Waals surface area contributed by atoms with Crippen molar-refractivity contribution in [3.8, 4) is 0 Å². The van der Waals surface area contributed by atoms with Gasteiger partial charge >= 0.3 is 0 Å². The van der Waals surface area contributed by atoms with E-state index in [4.69, 9.17) is 4.74 Å². The largest absolute Gasteiger partial charge is 0.368 e. The minimum absolute atomic E-state index is 0.0770. The first-order valence-corrected chi connectivity index (χ1v) is 7.79. The summed E-state index contributed by atoms with van der Waals surface area (Å²) in [4.78, 5) is 40.4. The molecule has 0 bridgehead atoms. The fraction of sp³-hybridized carbons (Fsp3) is 0.158. The highest BCUT2D eigenvalue weighted by Gasteiger charge is 2.30.